The molecule has 0 saturated carbocycles. The van der Waals surface area contributed by atoms with Crippen LogP contribution < -0.4 is 10.5 Å². The van der Waals surface area contributed by atoms with Crippen molar-refractivity contribution < 1.29 is 18.3 Å². The molecule has 3 N–H and O–H groups in total. The molecule has 0 unspecified atom stereocenters. The number of halogens is 1. The highest BCUT2D eigenvalue weighted by Gasteiger charge is 2.27. The predicted octanol–water partition coefficient (Wildman–Crippen LogP) is 1.43. The van der Waals surface area contributed by atoms with Crippen LogP contribution in [0.3, 0.4) is 0 Å². The van der Waals surface area contributed by atoms with Gasteiger partial charge in [-0.25, -0.2) is 8.42 Å². The minimum atomic E-state index is -3.71. The van der Waals surface area contributed by atoms with Gasteiger partial charge in [0.1, 0.15) is 10.6 Å². The number of hydrogen-bond donors (Lipinski definition) is 2. The summed E-state index contributed by atoms with van der Waals surface area (Å²) >= 11 is 3.24. The molecule has 0 spiro atoms. The summed E-state index contributed by atoms with van der Waals surface area (Å²) in [5.74, 6) is 0.230. The van der Waals surface area contributed by atoms with E-state index in [0.29, 0.717) is 23.1 Å². The highest BCUT2D eigenvalue weighted by molar-refractivity contribution is 9.10. The van der Waals surface area contributed by atoms with E-state index in [0.717, 1.165) is 0 Å². The van der Waals surface area contributed by atoms with Crippen LogP contribution in [0, 0.1) is 0 Å². The first-order valence-electron chi connectivity index (χ1n) is 6.12. The van der Waals surface area contributed by atoms with E-state index in [4.69, 9.17) is 15.6 Å². The van der Waals surface area contributed by atoms with E-state index in [1.54, 1.807) is 6.92 Å². The fraction of sp³-hybridized carbons (Fsp3) is 0.500. The lowest BCUT2D eigenvalue weighted by Crippen LogP contribution is -2.32. The molecule has 0 radical (unpaired) electrons. The van der Waals surface area contributed by atoms with Crippen LogP contribution >= 0.6 is 15.9 Å². The Bertz CT molecular complexity index is 563. The molecule has 1 aromatic carbocycles. The van der Waals surface area contributed by atoms with Crippen molar-refractivity contribution in [2.45, 2.75) is 18.2 Å². The van der Waals surface area contributed by atoms with Crippen LogP contribution in [0.2, 0.25) is 0 Å². The van der Waals surface area contributed by atoms with Crippen LogP contribution in [-0.4, -0.2) is 44.6 Å². The highest BCUT2D eigenvalue weighted by atomic mass is 79.9. The molecule has 0 bridgehead atoms. The maximum Gasteiger partial charge on any atom is 0.246 e. The van der Waals surface area contributed by atoms with E-state index in [9.17, 15) is 8.42 Å². The van der Waals surface area contributed by atoms with Crippen LogP contribution in [-0.2, 0) is 10.0 Å². The number of hydrogen-bond acceptors (Lipinski definition) is 5. The number of rotatable bonds is 7. The van der Waals surface area contributed by atoms with Crippen LogP contribution in [0.4, 0.5) is 5.69 Å². The summed E-state index contributed by atoms with van der Waals surface area (Å²) in [6.45, 7) is 2.23. The van der Waals surface area contributed by atoms with Gasteiger partial charge in [0.05, 0.1) is 7.11 Å². The van der Waals surface area contributed by atoms with Gasteiger partial charge in [-0.3, -0.25) is 0 Å². The summed E-state index contributed by atoms with van der Waals surface area (Å²) in [4.78, 5) is 0.0282. The lowest BCUT2D eigenvalue weighted by molar-refractivity contribution is 0.271. The molecule has 6 nitrogen and oxygen atoms in total. The van der Waals surface area contributed by atoms with Crippen molar-refractivity contribution in [2.75, 3.05) is 32.5 Å². The minimum Gasteiger partial charge on any atom is -0.495 e. The predicted molar refractivity (Wildman–Crippen MR) is 81.2 cm³/mol. The molecule has 0 heterocycles. The van der Waals surface area contributed by atoms with Gasteiger partial charge in [-0.1, -0.05) is 6.92 Å². The number of nitrogens with zero attached hydrogens (tertiary/aromatic N) is 1. The van der Waals surface area contributed by atoms with Gasteiger partial charge in [-0.2, -0.15) is 4.31 Å². The lowest BCUT2D eigenvalue weighted by Gasteiger charge is -2.21. The molecule has 0 aliphatic heterocycles. The van der Waals surface area contributed by atoms with Gasteiger partial charge in [0.2, 0.25) is 10.0 Å². The summed E-state index contributed by atoms with van der Waals surface area (Å²) in [5, 5.41) is 8.86. The fourth-order valence-corrected chi connectivity index (χ4v) is 3.73. The van der Waals surface area contributed by atoms with E-state index >= 15 is 0 Å². The summed E-state index contributed by atoms with van der Waals surface area (Å²) in [6, 6.07) is 2.90. The molecule has 0 amide bonds. The number of methoxy groups -OCH3 is 1. The Balaban J connectivity index is 3.29. The van der Waals surface area contributed by atoms with Gasteiger partial charge in [0.25, 0.3) is 0 Å². The molecule has 1 aromatic rings. The van der Waals surface area contributed by atoms with Crippen molar-refractivity contribution >= 4 is 31.6 Å². The van der Waals surface area contributed by atoms with E-state index in [2.05, 4.69) is 15.9 Å². The number of ether oxygens (including phenoxy) is 1. The summed E-state index contributed by atoms with van der Waals surface area (Å²) in [7, 11) is -2.31. The van der Waals surface area contributed by atoms with Crippen LogP contribution in [0.15, 0.2) is 21.5 Å². The summed E-state index contributed by atoms with van der Waals surface area (Å²) in [6.07, 6.45) is 0.376. The third kappa shape index (κ3) is 3.63. The molecule has 1 rings (SSSR count). The highest BCUT2D eigenvalue weighted by Crippen LogP contribution is 2.33. The average Bonchev–Trinajstić information content (AvgIpc) is 2.41. The molecule has 0 aliphatic rings. The Morgan fingerprint density at radius 3 is 2.60 bits per heavy atom. The first-order chi connectivity index (χ1) is 9.38. The Morgan fingerprint density at radius 1 is 1.45 bits per heavy atom. The molecule has 0 atom stereocenters. The zero-order valence-corrected chi connectivity index (χ0v) is 13.9. The second kappa shape index (κ2) is 7.26. The van der Waals surface area contributed by atoms with Gasteiger partial charge in [0, 0.05) is 29.9 Å². The quantitative estimate of drug-likeness (QED) is 0.712. The molecule has 0 aliphatic carbocycles. The number of nitrogens with two attached hydrogens (primary N) is 1. The number of benzene rings is 1. The van der Waals surface area contributed by atoms with Crippen molar-refractivity contribution in [3.63, 3.8) is 0 Å². The van der Waals surface area contributed by atoms with E-state index < -0.39 is 10.0 Å². The van der Waals surface area contributed by atoms with Gasteiger partial charge in [-0.05, 0) is 34.5 Å². The van der Waals surface area contributed by atoms with Crippen molar-refractivity contribution in [3.8, 4) is 5.75 Å². The van der Waals surface area contributed by atoms with Crippen LogP contribution in [0.5, 0.6) is 5.75 Å². The van der Waals surface area contributed by atoms with E-state index in [1.807, 2.05) is 0 Å². The third-order valence-electron chi connectivity index (χ3n) is 2.82. The Morgan fingerprint density at radius 2 is 2.10 bits per heavy atom. The second-order valence-corrected chi connectivity index (χ2v) is 6.86. The average molecular weight is 367 g/mol. The van der Waals surface area contributed by atoms with E-state index in [1.165, 1.54) is 23.5 Å². The maximum atomic E-state index is 12.6. The number of sulfonamides is 1. The zero-order chi connectivity index (χ0) is 15.3. The topological polar surface area (TPSA) is 92.9 Å². The Kier molecular flexibility index (Phi) is 6.25. The summed E-state index contributed by atoms with van der Waals surface area (Å²) < 4.78 is 32.2. The lowest BCUT2D eigenvalue weighted by atomic mass is 10.3. The number of aliphatic hydroxyl groups excluding tert-OH is 1. The molecule has 0 saturated heterocycles. The molecule has 0 fully saturated rings. The third-order valence-corrected chi connectivity index (χ3v) is 5.50. The molecule has 114 valence electrons. The second-order valence-electron chi connectivity index (χ2n) is 4.10. The molecule has 0 aromatic heterocycles. The first kappa shape index (κ1) is 17.2. The number of anilines is 1. The van der Waals surface area contributed by atoms with Crippen molar-refractivity contribution in [1.29, 1.82) is 0 Å². The van der Waals surface area contributed by atoms with Gasteiger partial charge in [-0.15, -0.1) is 0 Å². The Hall–Kier alpha value is -0.830. The Labute approximate surface area is 127 Å². The van der Waals surface area contributed by atoms with Crippen molar-refractivity contribution in [1.82, 2.24) is 4.31 Å². The number of aliphatic hydroxyl groups is 1. The maximum absolute atomic E-state index is 12.6. The van der Waals surface area contributed by atoms with Crippen molar-refractivity contribution in [2.24, 2.45) is 0 Å². The monoisotopic (exact) mass is 366 g/mol. The molecule has 8 heteroatoms. The fourth-order valence-electron chi connectivity index (χ4n) is 1.75. The smallest absolute Gasteiger partial charge is 0.246 e. The van der Waals surface area contributed by atoms with Gasteiger partial charge in [0.15, 0.2) is 0 Å². The SMILES string of the molecule is CCN(CCCO)S(=O)(=O)c1cc(N)c(Br)cc1OC. The van der Waals surface area contributed by atoms with Crippen molar-refractivity contribution in [3.05, 3.63) is 16.6 Å². The largest absolute Gasteiger partial charge is 0.495 e. The molecular formula is C12H19BrN2O4S. The first-order valence-corrected chi connectivity index (χ1v) is 8.35. The number of nitrogen functional groups attached to an aromatic ring is 1. The van der Waals surface area contributed by atoms with Gasteiger partial charge >= 0.3 is 0 Å². The van der Waals surface area contributed by atoms with Crippen LogP contribution in [0.1, 0.15) is 13.3 Å². The van der Waals surface area contributed by atoms with Gasteiger partial charge < -0.3 is 15.6 Å². The molecular weight excluding hydrogens is 348 g/mol. The minimum absolute atomic E-state index is 0.0282. The molecule has 20 heavy (non-hydrogen) atoms. The normalized spacial score (nSPS) is 11.8. The van der Waals surface area contributed by atoms with Crippen LogP contribution in [0.25, 0.3) is 0 Å². The summed E-state index contributed by atoms with van der Waals surface area (Å²) in [5.41, 5.74) is 6.08. The zero-order valence-electron chi connectivity index (χ0n) is 11.5. The standard InChI is InChI=1S/C12H19BrN2O4S/c1-3-15(5-4-6-16)20(17,18)12-8-10(14)9(13)7-11(12)19-2/h7-8,16H,3-6,14H2,1-2H3. The van der Waals surface area contributed by atoms with E-state index in [-0.39, 0.29) is 23.8 Å².